The van der Waals surface area contributed by atoms with Crippen LogP contribution in [0.5, 0.6) is 0 Å². The van der Waals surface area contributed by atoms with Crippen molar-refractivity contribution in [1.82, 2.24) is 4.31 Å². The second-order valence-corrected chi connectivity index (χ2v) is 7.00. The molecule has 102 valence electrons. The lowest BCUT2D eigenvalue weighted by molar-refractivity contribution is 0.310. The average Bonchev–Trinajstić information content (AvgIpc) is 2.55. The molecule has 1 heterocycles. The molecule has 0 bridgehead atoms. The van der Waals surface area contributed by atoms with Gasteiger partial charge in [0.25, 0.3) is 0 Å². The van der Waals surface area contributed by atoms with E-state index < -0.39 is 15.3 Å². The average molecular weight is 262 g/mol. The minimum absolute atomic E-state index is 0.183. The number of nitrogens with zero attached hydrogens (tertiary/aromatic N) is 1. The Morgan fingerprint density at radius 1 is 1.29 bits per heavy atom. The minimum Gasteiger partial charge on any atom is -0.329 e. The third kappa shape index (κ3) is 3.42. The van der Waals surface area contributed by atoms with E-state index in [-0.39, 0.29) is 12.6 Å². The number of sulfonamides is 1. The Kier molecular flexibility index (Phi) is 5.89. The van der Waals surface area contributed by atoms with Crippen LogP contribution in [0.2, 0.25) is 0 Å². The van der Waals surface area contributed by atoms with Crippen molar-refractivity contribution < 1.29 is 8.42 Å². The van der Waals surface area contributed by atoms with E-state index in [2.05, 4.69) is 6.92 Å². The highest BCUT2D eigenvalue weighted by Gasteiger charge is 2.34. The molecule has 17 heavy (non-hydrogen) atoms. The maximum atomic E-state index is 12.5. The molecule has 0 spiro atoms. The van der Waals surface area contributed by atoms with Gasteiger partial charge in [-0.15, -0.1) is 0 Å². The molecule has 1 aliphatic heterocycles. The van der Waals surface area contributed by atoms with Crippen molar-refractivity contribution >= 4 is 10.0 Å². The molecule has 0 aromatic carbocycles. The summed E-state index contributed by atoms with van der Waals surface area (Å²) in [6.07, 6.45) is 5.77. The fourth-order valence-electron chi connectivity index (χ4n) is 2.58. The largest absolute Gasteiger partial charge is 0.329 e. The van der Waals surface area contributed by atoms with Gasteiger partial charge in [-0.2, -0.15) is 4.31 Å². The zero-order valence-electron chi connectivity index (χ0n) is 11.1. The van der Waals surface area contributed by atoms with Crippen molar-refractivity contribution in [2.24, 2.45) is 5.73 Å². The summed E-state index contributed by atoms with van der Waals surface area (Å²) >= 11 is 0. The number of rotatable bonds is 5. The highest BCUT2D eigenvalue weighted by molar-refractivity contribution is 7.89. The van der Waals surface area contributed by atoms with E-state index in [4.69, 9.17) is 5.73 Å². The van der Waals surface area contributed by atoms with E-state index in [1.54, 1.807) is 4.31 Å². The van der Waals surface area contributed by atoms with E-state index in [0.29, 0.717) is 13.0 Å². The van der Waals surface area contributed by atoms with Gasteiger partial charge < -0.3 is 5.73 Å². The molecule has 0 radical (unpaired) electrons. The van der Waals surface area contributed by atoms with Crippen LogP contribution in [0.25, 0.3) is 0 Å². The first-order valence-electron chi connectivity index (χ1n) is 6.78. The molecule has 0 aromatic rings. The van der Waals surface area contributed by atoms with Gasteiger partial charge in [0.05, 0.1) is 5.25 Å². The lowest BCUT2D eigenvalue weighted by Gasteiger charge is -2.31. The Labute approximate surface area is 106 Å². The van der Waals surface area contributed by atoms with Crippen LogP contribution < -0.4 is 5.73 Å². The number of hydrogen-bond donors (Lipinski definition) is 1. The molecule has 0 aromatic heterocycles. The summed E-state index contributed by atoms with van der Waals surface area (Å²) in [7, 11) is -3.20. The monoisotopic (exact) mass is 262 g/mol. The van der Waals surface area contributed by atoms with Crippen LogP contribution in [0.3, 0.4) is 0 Å². The molecule has 2 N–H and O–H groups in total. The van der Waals surface area contributed by atoms with Crippen LogP contribution in [-0.2, 0) is 10.0 Å². The highest BCUT2D eigenvalue weighted by atomic mass is 32.2. The number of nitrogens with two attached hydrogens (primary N) is 1. The van der Waals surface area contributed by atoms with Crippen LogP contribution >= 0.6 is 0 Å². The smallest absolute Gasteiger partial charge is 0.218 e. The maximum Gasteiger partial charge on any atom is 0.218 e. The zero-order chi connectivity index (χ0) is 12.9. The molecule has 2 unspecified atom stereocenters. The molecule has 0 saturated carbocycles. The fraction of sp³-hybridized carbons (Fsp3) is 1.00. The second-order valence-electron chi connectivity index (χ2n) is 4.83. The fourth-order valence-corrected chi connectivity index (χ4v) is 4.69. The summed E-state index contributed by atoms with van der Waals surface area (Å²) in [5, 5.41) is -0.408. The van der Waals surface area contributed by atoms with Gasteiger partial charge in [-0.25, -0.2) is 8.42 Å². The summed E-state index contributed by atoms with van der Waals surface area (Å²) in [4.78, 5) is 0. The van der Waals surface area contributed by atoms with Crippen molar-refractivity contribution in [1.29, 1.82) is 0 Å². The Balaban J connectivity index is 2.92. The lowest BCUT2D eigenvalue weighted by atomic mass is 10.1. The molecule has 2 atom stereocenters. The third-order valence-electron chi connectivity index (χ3n) is 3.76. The molecule has 1 aliphatic rings. The van der Waals surface area contributed by atoms with Crippen LogP contribution in [-0.4, -0.2) is 37.1 Å². The highest BCUT2D eigenvalue weighted by Crippen LogP contribution is 2.24. The van der Waals surface area contributed by atoms with Gasteiger partial charge >= 0.3 is 0 Å². The first-order valence-corrected chi connectivity index (χ1v) is 8.28. The quantitative estimate of drug-likeness (QED) is 0.820. The number of hydrogen-bond acceptors (Lipinski definition) is 3. The minimum atomic E-state index is -3.20. The van der Waals surface area contributed by atoms with Crippen LogP contribution in [0.1, 0.15) is 52.4 Å². The molecule has 1 fully saturated rings. The molecule has 4 nitrogen and oxygen atoms in total. The van der Waals surface area contributed by atoms with Gasteiger partial charge in [-0.05, 0) is 25.7 Å². The molecule has 1 rings (SSSR count). The van der Waals surface area contributed by atoms with E-state index in [1.807, 2.05) is 6.92 Å². The molecule has 1 saturated heterocycles. The standard InChI is InChI=1S/C12H26N2O2S/c1-3-11-8-6-5-7-9-14(11)17(15,16)12(4-2)10-13/h11-12H,3-10,13H2,1-2H3. The van der Waals surface area contributed by atoms with Crippen LogP contribution in [0.4, 0.5) is 0 Å². The van der Waals surface area contributed by atoms with Crippen molar-refractivity contribution in [2.75, 3.05) is 13.1 Å². The SMILES string of the molecule is CCC1CCCCCN1S(=O)(=O)C(CC)CN. The van der Waals surface area contributed by atoms with Crippen molar-refractivity contribution in [3.8, 4) is 0 Å². The van der Waals surface area contributed by atoms with Gasteiger partial charge in [0.2, 0.25) is 10.0 Å². The summed E-state index contributed by atoms with van der Waals surface area (Å²) < 4.78 is 26.8. The Hall–Kier alpha value is -0.130. The molecule has 0 aliphatic carbocycles. The van der Waals surface area contributed by atoms with Crippen molar-refractivity contribution in [3.63, 3.8) is 0 Å². The van der Waals surface area contributed by atoms with Crippen molar-refractivity contribution in [3.05, 3.63) is 0 Å². The maximum absolute atomic E-state index is 12.5. The molecular formula is C12H26N2O2S. The zero-order valence-corrected chi connectivity index (χ0v) is 11.9. The summed E-state index contributed by atoms with van der Waals surface area (Å²) in [6.45, 7) is 4.87. The van der Waals surface area contributed by atoms with Crippen LogP contribution in [0.15, 0.2) is 0 Å². The predicted molar refractivity (Wildman–Crippen MR) is 71.3 cm³/mol. The predicted octanol–water partition coefficient (Wildman–Crippen LogP) is 1.71. The third-order valence-corrected chi connectivity index (χ3v) is 6.26. The van der Waals surface area contributed by atoms with Crippen LogP contribution in [0, 0.1) is 0 Å². The summed E-state index contributed by atoms with van der Waals surface area (Å²) in [5.74, 6) is 0. The molecule has 5 heteroatoms. The van der Waals surface area contributed by atoms with E-state index in [9.17, 15) is 8.42 Å². The second kappa shape index (κ2) is 6.71. The van der Waals surface area contributed by atoms with E-state index >= 15 is 0 Å². The first-order chi connectivity index (χ1) is 8.07. The van der Waals surface area contributed by atoms with Gasteiger partial charge in [-0.3, -0.25) is 0 Å². The van der Waals surface area contributed by atoms with Gasteiger partial charge in [0, 0.05) is 19.1 Å². The Bertz CT molecular complexity index is 312. The topological polar surface area (TPSA) is 63.4 Å². The molecule has 0 amide bonds. The van der Waals surface area contributed by atoms with Crippen molar-refractivity contribution in [2.45, 2.75) is 63.7 Å². The van der Waals surface area contributed by atoms with E-state index in [0.717, 1.165) is 32.1 Å². The van der Waals surface area contributed by atoms with Gasteiger partial charge in [0.15, 0.2) is 0 Å². The lowest BCUT2D eigenvalue weighted by Crippen LogP contribution is -2.46. The summed E-state index contributed by atoms with van der Waals surface area (Å²) in [6, 6.07) is 0.183. The Morgan fingerprint density at radius 3 is 2.53 bits per heavy atom. The van der Waals surface area contributed by atoms with Gasteiger partial charge in [0.1, 0.15) is 0 Å². The first kappa shape index (κ1) is 14.9. The van der Waals surface area contributed by atoms with E-state index in [1.165, 1.54) is 0 Å². The van der Waals surface area contributed by atoms with Gasteiger partial charge in [-0.1, -0.05) is 26.7 Å². The summed E-state index contributed by atoms with van der Waals surface area (Å²) in [5.41, 5.74) is 5.60. The Morgan fingerprint density at radius 2 is 2.00 bits per heavy atom. The molecular weight excluding hydrogens is 236 g/mol. The normalized spacial score (nSPS) is 25.5.